The first-order valence-corrected chi connectivity index (χ1v) is 18.9. The summed E-state index contributed by atoms with van der Waals surface area (Å²) in [6.45, 7) is 11.1. The van der Waals surface area contributed by atoms with Gasteiger partial charge in [0.05, 0.1) is 36.1 Å². The number of esters is 1. The standard InChI is InChI=1S/C40H47Cl2F2N5O5/c1-39(2,3)22-32-40(23-45,27-10-9-25(41)21-29(27)43)33(26-6-5-7-28(42)34(26)44)35(47-32)36-37(54-36)46-30-11-8-24(20-31(30)52-4)38(51)53-19-17-49-14-12-48(13-15-49)16-18-50/h5-11,20-21,32-33,35-37,46-47,50H,12-19,22H2,1-4H3/t32-,33-,35+,36?,37?,40-/m0/s1. The second kappa shape index (κ2) is 16.7. The van der Waals surface area contributed by atoms with Crippen molar-refractivity contribution < 1.29 is 32.9 Å². The van der Waals surface area contributed by atoms with Gasteiger partial charge in [-0.25, -0.2) is 13.6 Å². The molecular weight excluding hydrogens is 739 g/mol. The summed E-state index contributed by atoms with van der Waals surface area (Å²) in [7, 11) is 1.49. The molecule has 3 saturated heterocycles. The minimum absolute atomic E-state index is 0.109. The quantitative estimate of drug-likeness (QED) is 0.136. The molecule has 0 aliphatic carbocycles. The summed E-state index contributed by atoms with van der Waals surface area (Å²) in [4.78, 5) is 17.4. The Balaban J connectivity index is 1.22. The first-order chi connectivity index (χ1) is 25.8. The number of hydrogen-bond acceptors (Lipinski definition) is 10. The molecule has 0 amide bonds. The summed E-state index contributed by atoms with van der Waals surface area (Å²) in [6, 6.07) is 15.0. The van der Waals surface area contributed by atoms with Gasteiger partial charge < -0.3 is 30.0 Å². The maximum absolute atomic E-state index is 16.1. The van der Waals surface area contributed by atoms with E-state index in [0.717, 1.165) is 26.2 Å². The van der Waals surface area contributed by atoms with Gasteiger partial charge in [-0.15, -0.1) is 0 Å². The molecule has 6 atom stereocenters. The number of nitriles is 1. The number of carbonyl (C=O) groups excluding carboxylic acids is 1. The predicted molar refractivity (Wildman–Crippen MR) is 203 cm³/mol. The van der Waals surface area contributed by atoms with Crippen LogP contribution in [0.4, 0.5) is 14.5 Å². The highest BCUT2D eigenvalue weighted by Gasteiger charge is 2.64. The van der Waals surface area contributed by atoms with Crippen LogP contribution in [-0.2, 0) is 14.9 Å². The Hall–Kier alpha value is -3.54. The predicted octanol–water partition coefficient (Wildman–Crippen LogP) is 6.21. The zero-order valence-corrected chi connectivity index (χ0v) is 32.4. The molecule has 3 aromatic carbocycles. The number of nitrogens with zero attached hydrogens (tertiary/aromatic N) is 3. The van der Waals surface area contributed by atoms with Crippen molar-refractivity contribution in [2.75, 3.05) is 64.9 Å². The maximum atomic E-state index is 16.1. The van der Waals surface area contributed by atoms with Crippen LogP contribution in [-0.4, -0.2) is 105 Å². The van der Waals surface area contributed by atoms with Crippen LogP contribution in [0.5, 0.6) is 5.75 Å². The average Bonchev–Trinajstić information content (AvgIpc) is 3.83. The van der Waals surface area contributed by atoms with Crippen LogP contribution in [0.15, 0.2) is 54.6 Å². The minimum Gasteiger partial charge on any atom is -0.495 e. The van der Waals surface area contributed by atoms with Gasteiger partial charge >= 0.3 is 5.97 Å². The number of anilines is 1. The van der Waals surface area contributed by atoms with Gasteiger partial charge in [-0.3, -0.25) is 9.80 Å². The van der Waals surface area contributed by atoms with Crippen LogP contribution >= 0.6 is 23.2 Å². The molecule has 2 unspecified atom stereocenters. The molecule has 10 nitrogen and oxygen atoms in total. The van der Waals surface area contributed by atoms with Gasteiger partial charge in [0, 0.05) is 67.9 Å². The van der Waals surface area contributed by atoms with E-state index in [2.05, 4.69) is 26.5 Å². The topological polar surface area (TPSA) is 123 Å². The largest absolute Gasteiger partial charge is 0.495 e. The molecule has 3 aliphatic rings. The third kappa shape index (κ3) is 8.48. The van der Waals surface area contributed by atoms with E-state index in [4.69, 9.17) is 42.5 Å². The van der Waals surface area contributed by atoms with E-state index in [0.29, 0.717) is 36.5 Å². The van der Waals surface area contributed by atoms with Gasteiger partial charge in [0.1, 0.15) is 35.5 Å². The number of piperazine rings is 1. The lowest BCUT2D eigenvalue weighted by Crippen LogP contribution is -2.48. The highest BCUT2D eigenvalue weighted by atomic mass is 35.5. The Labute approximate surface area is 325 Å². The molecule has 290 valence electrons. The summed E-state index contributed by atoms with van der Waals surface area (Å²) < 4.78 is 49.5. The highest BCUT2D eigenvalue weighted by Crippen LogP contribution is 2.55. The van der Waals surface area contributed by atoms with Crippen molar-refractivity contribution in [2.24, 2.45) is 5.41 Å². The molecule has 3 aromatic rings. The highest BCUT2D eigenvalue weighted by molar-refractivity contribution is 6.31. The molecule has 3 N–H and O–H groups in total. The molecule has 14 heteroatoms. The molecule has 54 heavy (non-hydrogen) atoms. The number of halogens is 4. The third-order valence-electron chi connectivity index (χ3n) is 10.6. The lowest BCUT2D eigenvalue weighted by atomic mass is 9.62. The SMILES string of the molecule is COc1cc(C(=O)OCCN2CCN(CCO)CC2)ccc1NC1OC1[C@@H]1N[C@@H](CC(C)(C)C)[C@](C#N)(c2ccc(Cl)cc2F)[C@H]1c1cccc(Cl)c1F. The number of rotatable bonds is 13. The number of aliphatic hydroxyl groups is 1. The molecule has 0 spiro atoms. The van der Waals surface area contributed by atoms with Crippen LogP contribution in [0.25, 0.3) is 0 Å². The maximum Gasteiger partial charge on any atom is 0.338 e. The zero-order chi connectivity index (χ0) is 38.8. The zero-order valence-electron chi connectivity index (χ0n) is 30.9. The van der Waals surface area contributed by atoms with Crippen LogP contribution < -0.4 is 15.4 Å². The van der Waals surface area contributed by atoms with Crippen molar-refractivity contribution in [3.05, 3.63) is 93.0 Å². The Bertz CT molecular complexity index is 1870. The van der Waals surface area contributed by atoms with Gasteiger partial charge in [-0.1, -0.05) is 62.2 Å². The number of hydrogen-bond donors (Lipinski definition) is 3. The second-order valence-electron chi connectivity index (χ2n) is 15.4. The van der Waals surface area contributed by atoms with Crippen molar-refractivity contribution >= 4 is 34.9 Å². The molecule has 6 rings (SSSR count). The van der Waals surface area contributed by atoms with Crippen molar-refractivity contribution in [3.63, 3.8) is 0 Å². The lowest BCUT2D eigenvalue weighted by Gasteiger charge is -2.37. The third-order valence-corrected chi connectivity index (χ3v) is 11.2. The Kier molecular flexibility index (Phi) is 12.4. The van der Waals surface area contributed by atoms with Gasteiger partial charge in [-0.05, 0) is 53.8 Å². The first kappa shape index (κ1) is 40.1. The fourth-order valence-electron chi connectivity index (χ4n) is 8.00. The number of ether oxygens (including phenoxy) is 3. The Morgan fingerprint density at radius 2 is 1.81 bits per heavy atom. The molecule has 3 heterocycles. The van der Waals surface area contributed by atoms with Crippen molar-refractivity contribution in [2.45, 2.75) is 62.9 Å². The number of carbonyl (C=O) groups is 1. The van der Waals surface area contributed by atoms with E-state index in [1.807, 2.05) is 20.8 Å². The lowest BCUT2D eigenvalue weighted by molar-refractivity contribution is 0.0414. The summed E-state index contributed by atoms with van der Waals surface area (Å²) in [5.74, 6) is -2.37. The van der Waals surface area contributed by atoms with E-state index < -0.39 is 53.4 Å². The number of nitrogens with one attached hydrogen (secondary N) is 2. The molecule has 3 fully saturated rings. The molecule has 0 aromatic heterocycles. The van der Waals surface area contributed by atoms with Crippen LogP contribution in [0.1, 0.15) is 54.6 Å². The van der Waals surface area contributed by atoms with Gasteiger partial charge in [0.2, 0.25) is 0 Å². The van der Waals surface area contributed by atoms with E-state index in [-0.39, 0.29) is 39.8 Å². The smallest absolute Gasteiger partial charge is 0.338 e. The van der Waals surface area contributed by atoms with Gasteiger partial charge in [0.15, 0.2) is 6.23 Å². The number of benzene rings is 3. The monoisotopic (exact) mass is 785 g/mol. The Morgan fingerprint density at radius 1 is 1.09 bits per heavy atom. The van der Waals surface area contributed by atoms with Crippen molar-refractivity contribution in [1.29, 1.82) is 5.26 Å². The van der Waals surface area contributed by atoms with Crippen LogP contribution in [0, 0.1) is 28.4 Å². The van der Waals surface area contributed by atoms with Gasteiger partial charge in [0.25, 0.3) is 0 Å². The fraction of sp³-hybridized carbons (Fsp3) is 0.500. The van der Waals surface area contributed by atoms with E-state index in [1.165, 1.54) is 31.4 Å². The van der Waals surface area contributed by atoms with E-state index in [9.17, 15) is 10.1 Å². The normalized spacial score (nSPS) is 26.0. The number of epoxide rings is 1. The molecular formula is C40H47Cl2F2N5O5. The second-order valence-corrected chi connectivity index (χ2v) is 16.2. The average molecular weight is 787 g/mol. The number of β-amino-alcohol motifs (C(OH)–C–C–N with tert-alkyl or cyclic N) is 1. The molecule has 0 radical (unpaired) electrons. The number of aliphatic hydroxyl groups excluding tert-OH is 1. The molecule has 3 aliphatic heterocycles. The molecule has 0 bridgehead atoms. The summed E-state index contributed by atoms with van der Waals surface area (Å²) in [6.07, 6.45) is -0.729. The van der Waals surface area contributed by atoms with Crippen LogP contribution in [0.2, 0.25) is 10.0 Å². The summed E-state index contributed by atoms with van der Waals surface area (Å²) in [5.41, 5.74) is -0.732. The Morgan fingerprint density at radius 3 is 2.46 bits per heavy atom. The summed E-state index contributed by atoms with van der Waals surface area (Å²) in [5, 5.41) is 27.3. The summed E-state index contributed by atoms with van der Waals surface area (Å²) >= 11 is 12.5. The minimum atomic E-state index is -1.58. The van der Waals surface area contributed by atoms with Crippen molar-refractivity contribution in [1.82, 2.24) is 15.1 Å². The van der Waals surface area contributed by atoms with Crippen molar-refractivity contribution in [3.8, 4) is 11.8 Å². The first-order valence-electron chi connectivity index (χ1n) is 18.2. The van der Waals surface area contributed by atoms with E-state index in [1.54, 1.807) is 30.3 Å². The van der Waals surface area contributed by atoms with Crippen LogP contribution in [0.3, 0.4) is 0 Å². The van der Waals surface area contributed by atoms with Gasteiger partial charge in [-0.2, -0.15) is 5.26 Å². The fourth-order valence-corrected chi connectivity index (χ4v) is 8.34. The molecule has 0 saturated carbocycles. The van der Waals surface area contributed by atoms with E-state index >= 15 is 8.78 Å². The number of methoxy groups -OCH3 is 1.